The zero-order chi connectivity index (χ0) is 13.3. The monoisotopic (exact) mass is 254 g/mol. The lowest BCUT2D eigenvalue weighted by Crippen LogP contribution is -1.95. The number of carbonyl (C=O) groups is 1. The van der Waals surface area contributed by atoms with E-state index in [0.717, 1.165) is 12.1 Å². The van der Waals surface area contributed by atoms with Crippen molar-refractivity contribution >= 4 is 5.97 Å². The number of ether oxygens (including phenoxy) is 1. The second kappa shape index (κ2) is 4.44. The molecule has 0 bridgehead atoms. The number of nitrogens with zero attached hydrogens (tertiary/aromatic N) is 1. The van der Waals surface area contributed by atoms with Crippen LogP contribution >= 0.6 is 0 Å². The largest absolute Gasteiger partial charge is 0.494 e. The number of H-pyrrole nitrogens is 1. The molecular formula is C11H8F2N2O3. The van der Waals surface area contributed by atoms with Gasteiger partial charge in [0.1, 0.15) is 11.5 Å². The molecule has 2 N–H and O–H groups in total. The topological polar surface area (TPSA) is 75.2 Å². The standard InChI is InChI=1S/C11H8F2N2O3/c1-18-10-2-5(6(12)3-7(10)13)8-4-9(11(16)17)15-14-8/h2-4H,1H3,(H,14,15)(H,16,17). The number of nitrogens with one attached hydrogen (secondary N) is 1. The molecule has 0 fully saturated rings. The second-order valence-electron chi connectivity index (χ2n) is 3.44. The zero-order valence-electron chi connectivity index (χ0n) is 9.20. The molecule has 0 aliphatic heterocycles. The highest BCUT2D eigenvalue weighted by molar-refractivity contribution is 5.86. The molecule has 7 heteroatoms. The van der Waals surface area contributed by atoms with E-state index in [0.29, 0.717) is 6.07 Å². The van der Waals surface area contributed by atoms with Gasteiger partial charge < -0.3 is 9.84 Å². The lowest BCUT2D eigenvalue weighted by Gasteiger charge is -2.05. The third-order valence-electron chi connectivity index (χ3n) is 2.33. The molecule has 0 saturated heterocycles. The fourth-order valence-electron chi connectivity index (χ4n) is 1.45. The van der Waals surface area contributed by atoms with Crippen LogP contribution in [0.4, 0.5) is 8.78 Å². The van der Waals surface area contributed by atoms with Gasteiger partial charge in [-0.25, -0.2) is 13.6 Å². The molecule has 94 valence electrons. The molecule has 0 saturated carbocycles. The number of methoxy groups -OCH3 is 1. The van der Waals surface area contributed by atoms with E-state index in [-0.39, 0.29) is 22.7 Å². The molecule has 0 aliphatic carbocycles. The van der Waals surface area contributed by atoms with Gasteiger partial charge in [0, 0.05) is 11.6 Å². The van der Waals surface area contributed by atoms with Crippen molar-refractivity contribution in [3.05, 3.63) is 35.5 Å². The van der Waals surface area contributed by atoms with Crippen LogP contribution in [0, 0.1) is 11.6 Å². The van der Waals surface area contributed by atoms with E-state index in [2.05, 4.69) is 10.2 Å². The maximum atomic E-state index is 13.6. The molecule has 0 radical (unpaired) electrons. The summed E-state index contributed by atoms with van der Waals surface area (Å²) in [6.07, 6.45) is 0. The zero-order valence-corrected chi connectivity index (χ0v) is 9.20. The molecule has 1 heterocycles. The first kappa shape index (κ1) is 12.0. The molecule has 1 aromatic carbocycles. The maximum Gasteiger partial charge on any atom is 0.353 e. The predicted molar refractivity (Wildman–Crippen MR) is 57.5 cm³/mol. The van der Waals surface area contributed by atoms with Crippen LogP contribution in [0.2, 0.25) is 0 Å². The number of halogens is 2. The van der Waals surface area contributed by atoms with Crippen LogP contribution in [0.1, 0.15) is 10.5 Å². The van der Waals surface area contributed by atoms with E-state index in [4.69, 9.17) is 9.84 Å². The van der Waals surface area contributed by atoms with E-state index in [9.17, 15) is 13.6 Å². The Morgan fingerprint density at radius 2 is 2.06 bits per heavy atom. The summed E-state index contributed by atoms with van der Waals surface area (Å²) in [4.78, 5) is 10.7. The number of rotatable bonds is 3. The van der Waals surface area contributed by atoms with Gasteiger partial charge in [-0.05, 0) is 12.1 Å². The molecule has 2 rings (SSSR count). The maximum absolute atomic E-state index is 13.6. The number of hydrogen-bond acceptors (Lipinski definition) is 3. The van der Waals surface area contributed by atoms with Crippen LogP contribution in [0.15, 0.2) is 18.2 Å². The summed E-state index contributed by atoms with van der Waals surface area (Å²) in [5.41, 5.74) is -0.173. The highest BCUT2D eigenvalue weighted by atomic mass is 19.1. The van der Waals surface area contributed by atoms with Crippen molar-refractivity contribution in [1.29, 1.82) is 0 Å². The van der Waals surface area contributed by atoms with Gasteiger partial charge in [-0.3, -0.25) is 5.10 Å². The number of benzene rings is 1. The van der Waals surface area contributed by atoms with Gasteiger partial charge in [0.2, 0.25) is 0 Å². The van der Waals surface area contributed by atoms with Crippen molar-refractivity contribution in [3.8, 4) is 17.0 Å². The molecule has 0 aliphatic rings. The quantitative estimate of drug-likeness (QED) is 0.879. The molecular weight excluding hydrogens is 246 g/mol. The molecule has 18 heavy (non-hydrogen) atoms. The number of aromatic nitrogens is 2. The van der Waals surface area contributed by atoms with Crippen LogP contribution in [-0.2, 0) is 0 Å². The number of carboxylic acid groups (broad SMARTS) is 1. The fourth-order valence-corrected chi connectivity index (χ4v) is 1.45. The first-order valence-corrected chi connectivity index (χ1v) is 4.85. The van der Waals surface area contributed by atoms with Gasteiger partial charge >= 0.3 is 5.97 Å². The molecule has 2 aromatic rings. The van der Waals surface area contributed by atoms with Gasteiger partial charge in [0.05, 0.1) is 12.8 Å². The van der Waals surface area contributed by atoms with Crippen LogP contribution in [0.3, 0.4) is 0 Å². The highest BCUT2D eigenvalue weighted by Gasteiger charge is 2.16. The van der Waals surface area contributed by atoms with E-state index < -0.39 is 17.6 Å². The average Bonchev–Trinajstić information content (AvgIpc) is 2.78. The van der Waals surface area contributed by atoms with E-state index in [1.165, 1.54) is 7.11 Å². The average molecular weight is 254 g/mol. The Morgan fingerprint density at radius 3 is 2.61 bits per heavy atom. The second-order valence-corrected chi connectivity index (χ2v) is 3.44. The lowest BCUT2D eigenvalue weighted by molar-refractivity contribution is 0.0690. The van der Waals surface area contributed by atoms with Gasteiger partial charge in [-0.1, -0.05) is 0 Å². The Labute approximate surface area is 100 Å². The van der Waals surface area contributed by atoms with Crippen molar-refractivity contribution in [2.24, 2.45) is 0 Å². The third-order valence-corrected chi connectivity index (χ3v) is 2.33. The Morgan fingerprint density at radius 1 is 1.33 bits per heavy atom. The summed E-state index contributed by atoms with van der Waals surface area (Å²) in [6.45, 7) is 0. The van der Waals surface area contributed by atoms with E-state index >= 15 is 0 Å². The Bertz CT molecular complexity index is 610. The third kappa shape index (κ3) is 2.02. The molecule has 5 nitrogen and oxygen atoms in total. The number of carboxylic acids is 1. The van der Waals surface area contributed by atoms with Crippen LogP contribution in [0.5, 0.6) is 5.75 Å². The Balaban J connectivity index is 2.52. The molecule has 1 aromatic heterocycles. The first-order chi connectivity index (χ1) is 8.52. The summed E-state index contributed by atoms with van der Waals surface area (Å²) < 4.78 is 31.5. The Kier molecular flexibility index (Phi) is 2.97. The number of hydrogen-bond donors (Lipinski definition) is 2. The minimum atomic E-state index is -1.22. The summed E-state index contributed by atoms with van der Waals surface area (Å²) in [6, 6.07) is 2.92. The van der Waals surface area contributed by atoms with Crippen molar-refractivity contribution in [1.82, 2.24) is 10.2 Å². The van der Waals surface area contributed by atoms with Gasteiger partial charge in [0.15, 0.2) is 11.6 Å². The van der Waals surface area contributed by atoms with Gasteiger partial charge in [-0.2, -0.15) is 5.10 Å². The van der Waals surface area contributed by atoms with Crippen LogP contribution in [-0.4, -0.2) is 28.4 Å². The van der Waals surface area contributed by atoms with Crippen molar-refractivity contribution in [3.63, 3.8) is 0 Å². The molecule has 0 amide bonds. The summed E-state index contributed by atoms with van der Waals surface area (Å²) in [7, 11) is 1.24. The lowest BCUT2D eigenvalue weighted by atomic mass is 10.1. The van der Waals surface area contributed by atoms with E-state index in [1.807, 2.05) is 0 Å². The first-order valence-electron chi connectivity index (χ1n) is 4.85. The van der Waals surface area contributed by atoms with Crippen molar-refractivity contribution < 1.29 is 23.4 Å². The van der Waals surface area contributed by atoms with Crippen LogP contribution < -0.4 is 4.74 Å². The van der Waals surface area contributed by atoms with Gasteiger partial charge in [0.25, 0.3) is 0 Å². The van der Waals surface area contributed by atoms with Gasteiger partial charge in [-0.15, -0.1) is 0 Å². The summed E-state index contributed by atoms with van der Waals surface area (Å²) in [5.74, 6) is -3.06. The molecule has 0 atom stereocenters. The van der Waals surface area contributed by atoms with Crippen LogP contribution in [0.25, 0.3) is 11.3 Å². The minimum absolute atomic E-state index is 0.0444. The van der Waals surface area contributed by atoms with Crippen molar-refractivity contribution in [2.75, 3.05) is 7.11 Å². The number of aromatic amines is 1. The number of aromatic carboxylic acids is 1. The summed E-state index contributed by atoms with van der Waals surface area (Å²) in [5, 5.41) is 14.6. The van der Waals surface area contributed by atoms with E-state index in [1.54, 1.807) is 0 Å². The summed E-state index contributed by atoms with van der Waals surface area (Å²) >= 11 is 0. The highest BCUT2D eigenvalue weighted by Crippen LogP contribution is 2.28. The molecule has 0 spiro atoms. The minimum Gasteiger partial charge on any atom is -0.494 e. The normalized spacial score (nSPS) is 10.4. The smallest absolute Gasteiger partial charge is 0.353 e. The van der Waals surface area contributed by atoms with Crippen molar-refractivity contribution in [2.45, 2.75) is 0 Å². The molecule has 0 unspecified atom stereocenters. The Hall–Kier alpha value is -2.44. The predicted octanol–water partition coefficient (Wildman–Crippen LogP) is 2.06. The SMILES string of the molecule is COc1cc(-c2cc(C(=O)O)[nH]n2)c(F)cc1F. The fraction of sp³-hybridized carbons (Fsp3) is 0.0909.